The van der Waals surface area contributed by atoms with E-state index < -0.39 is 21.5 Å². The third-order valence-electron chi connectivity index (χ3n) is 4.49. The van der Waals surface area contributed by atoms with Gasteiger partial charge in [-0.2, -0.15) is 0 Å². The molecule has 20 heavy (non-hydrogen) atoms. The zero-order valence-electron chi connectivity index (χ0n) is 12.3. The molecule has 0 spiro atoms. The van der Waals surface area contributed by atoms with Crippen molar-refractivity contribution >= 4 is 15.7 Å². The molecule has 1 aromatic carbocycles. The summed E-state index contributed by atoms with van der Waals surface area (Å²) in [6.07, 6.45) is -0.0528. The highest BCUT2D eigenvalue weighted by Gasteiger charge is 2.49. The number of hydrogen-bond acceptors (Lipinski definition) is 4. The van der Waals surface area contributed by atoms with E-state index in [0.29, 0.717) is 12.0 Å². The first-order chi connectivity index (χ1) is 9.07. The first-order valence-electron chi connectivity index (χ1n) is 6.63. The molecule has 112 valence electrons. The normalized spacial score (nSPS) is 25.2. The van der Waals surface area contributed by atoms with Crippen molar-refractivity contribution < 1.29 is 13.5 Å². The second-order valence-corrected chi connectivity index (χ2v) is 7.82. The summed E-state index contributed by atoms with van der Waals surface area (Å²) in [7, 11) is -3.68. The van der Waals surface area contributed by atoms with Gasteiger partial charge >= 0.3 is 0 Å². The van der Waals surface area contributed by atoms with Crippen molar-refractivity contribution in [3.63, 3.8) is 0 Å². The Hall–Kier alpha value is -1.11. The molecule has 1 aromatic rings. The highest BCUT2D eigenvalue weighted by molar-refractivity contribution is 7.89. The summed E-state index contributed by atoms with van der Waals surface area (Å²) in [6.45, 7) is 7.30. The van der Waals surface area contributed by atoms with Crippen molar-refractivity contribution in [2.24, 2.45) is 5.41 Å². The van der Waals surface area contributed by atoms with E-state index in [9.17, 15) is 13.5 Å². The van der Waals surface area contributed by atoms with Gasteiger partial charge in [0.15, 0.2) is 0 Å². The Morgan fingerprint density at radius 1 is 1.35 bits per heavy atom. The average Bonchev–Trinajstić information content (AvgIpc) is 2.33. The summed E-state index contributed by atoms with van der Waals surface area (Å²) in [4.78, 5) is 0.148. The van der Waals surface area contributed by atoms with Gasteiger partial charge in [0.1, 0.15) is 4.90 Å². The first kappa shape index (κ1) is 15.3. The lowest BCUT2D eigenvalue weighted by molar-refractivity contribution is -0.0645. The van der Waals surface area contributed by atoms with E-state index in [0.717, 1.165) is 5.56 Å². The molecule has 1 aliphatic rings. The first-order valence-corrected chi connectivity index (χ1v) is 8.11. The van der Waals surface area contributed by atoms with Crippen molar-refractivity contribution in [3.8, 4) is 0 Å². The van der Waals surface area contributed by atoms with Gasteiger partial charge in [0, 0.05) is 11.5 Å². The molecule has 0 aliphatic heterocycles. The van der Waals surface area contributed by atoms with Crippen LogP contribution in [0.25, 0.3) is 0 Å². The number of hydrogen-bond donors (Lipinski definition) is 3. The quantitative estimate of drug-likeness (QED) is 0.734. The van der Waals surface area contributed by atoms with E-state index in [1.807, 2.05) is 20.8 Å². The highest BCUT2D eigenvalue weighted by Crippen LogP contribution is 2.41. The molecule has 5 nitrogen and oxygen atoms in total. The maximum absolute atomic E-state index is 12.6. The standard InChI is InChI=1S/C14H22N2O3S/c1-8-5-6-10(15)13(9(8)2)20(18,19)16-11-7-12(17)14(11,3)4/h5-6,11-12,16-17H,7,15H2,1-4H3. The molecule has 0 amide bonds. The Labute approximate surface area is 120 Å². The Morgan fingerprint density at radius 3 is 2.45 bits per heavy atom. The monoisotopic (exact) mass is 298 g/mol. The maximum atomic E-state index is 12.6. The van der Waals surface area contributed by atoms with E-state index in [1.54, 1.807) is 19.1 Å². The zero-order chi connectivity index (χ0) is 15.3. The van der Waals surface area contributed by atoms with Gasteiger partial charge in [-0.05, 0) is 37.5 Å². The second-order valence-electron chi connectivity index (χ2n) is 6.17. The van der Waals surface area contributed by atoms with E-state index in [2.05, 4.69) is 4.72 Å². The molecular weight excluding hydrogens is 276 g/mol. The van der Waals surface area contributed by atoms with Crippen LogP contribution in [0.3, 0.4) is 0 Å². The van der Waals surface area contributed by atoms with Crippen LogP contribution in [-0.4, -0.2) is 25.7 Å². The molecule has 0 bridgehead atoms. The van der Waals surface area contributed by atoms with Crippen molar-refractivity contribution in [2.75, 3.05) is 5.73 Å². The molecule has 2 rings (SSSR count). The molecular formula is C14H22N2O3S. The summed E-state index contributed by atoms with van der Waals surface area (Å²) >= 11 is 0. The van der Waals surface area contributed by atoms with Crippen LogP contribution >= 0.6 is 0 Å². The zero-order valence-corrected chi connectivity index (χ0v) is 13.1. The van der Waals surface area contributed by atoms with Crippen molar-refractivity contribution in [2.45, 2.75) is 51.2 Å². The summed E-state index contributed by atoms with van der Waals surface area (Å²) in [5, 5.41) is 9.71. The van der Waals surface area contributed by atoms with Gasteiger partial charge in [-0.15, -0.1) is 0 Å². The maximum Gasteiger partial charge on any atom is 0.243 e. The van der Waals surface area contributed by atoms with Gasteiger partial charge in [0.25, 0.3) is 0 Å². The largest absolute Gasteiger partial charge is 0.398 e. The number of nitrogen functional groups attached to an aromatic ring is 1. The number of nitrogens with two attached hydrogens (primary N) is 1. The number of aliphatic hydroxyl groups is 1. The fourth-order valence-electron chi connectivity index (χ4n) is 2.52. The fraction of sp³-hybridized carbons (Fsp3) is 0.571. The number of nitrogens with one attached hydrogen (secondary N) is 1. The van der Waals surface area contributed by atoms with Gasteiger partial charge in [-0.1, -0.05) is 19.9 Å². The van der Waals surface area contributed by atoms with Crippen LogP contribution in [-0.2, 0) is 10.0 Å². The molecule has 2 atom stereocenters. The average molecular weight is 298 g/mol. The smallest absolute Gasteiger partial charge is 0.243 e. The second kappa shape index (κ2) is 4.72. The number of sulfonamides is 1. The summed E-state index contributed by atoms with van der Waals surface area (Å²) in [5.41, 5.74) is 7.17. The van der Waals surface area contributed by atoms with Crippen LogP contribution in [0, 0.1) is 19.3 Å². The van der Waals surface area contributed by atoms with Crippen molar-refractivity contribution in [1.82, 2.24) is 4.72 Å². The summed E-state index contributed by atoms with van der Waals surface area (Å²) in [5.74, 6) is 0. The van der Waals surface area contributed by atoms with E-state index in [4.69, 9.17) is 5.73 Å². The number of anilines is 1. The summed E-state index contributed by atoms with van der Waals surface area (Å²) < 4.78 is 27.8. The lowest BCUT2D eigenvalue weighted by atomic mass is 9.65. The van der Waals surface area contributed by atoms with E-state index in [-0.39, 0.29) is 16.6 Å². The number of aryl methyl sites for hydroxylation is 1. The van der Waals surface area contributed by atoms with E-state index >= 15 is 0 Å². The molecule has 0 saturated heterocycles. The van der Waals surface area contributed by atoms with Gasteiger partial charge < -0.3 is 10.8 Å². The van der Waals surface area contributed by atoms with Crippen LogP contribution in [0.2, 0.25) is 0 Å². The number of benzene rings is 1. The molecule has 2 unspecified atom stereocenters. The molecule has 6 heteroatoms. The minimum Gasteiger partial charge on any atom is -0.398 e. The molecule has 1 aliphatic carbocycles. The molecule has 1 fully saturated rings. The number of rotatable bonds is 3. The Kier molecular flexibility index (Phi) is 3.60. The third-order valence-corrected chi connectivity index (χ3v) is 6.16. The van der Waals surface area contributed by atoms with Gasteiger partial charge in [-0.25, -0.2) is 13.1 Å². The molecule has 0 heterocycles. The lowest BCUT2D eigenvalue weighted by Gasteiger charge is -2.49. The minimum absolute atomic E-state index is 0.148. The van der Waals surface area contributed by atoms with Crippen LogP contribution in [0.15, 0.2) is 17.0 Å². The molecule has 1 saturated carbocycles. The van der Waals surface area contributed by atoms with Crippen LogP contribution in [0.4, 0.5) is 5.69 Å². The van der Waals surface area contributed by atoms with Gasteiger partial charge in [0.2, 0.25) is 10.0 Å². The lowest BCUT2D eigenvalue weighted by Crippen LogP contribution is -2.61. The van der Waals surface area contributed by atoms with Gasteiger partial charge in [-0.3, -0.25) is 0 Å². The fourth-order valence-corrected chi connectivity index (χ4v) is 4.35. The molecule has 4 N–H and O–H groups in total. The van der Waals surface area contributed by atoms with E-state index in [1.165, 1.54) is 0 Å². The third kappa shape index (κ3) is 2.32. The minimum atomic E-state index is -3.68. The molecule has 0 aromatic heterocycles. The Morgan fingerprint density at radius 2 is 1.95 bits per heavy atom. The van der Waals surface area contributed by atoms with Gasteiger partial charge in [0.05, 0.1) is 11.8 Å². The van der Waals surface area contributed by atoms with Crippen molar-refractivity contribution in [3.05, 3.63) is 23.3 Å². The molecule has 0 radical (unpaired) electrons. The van der Waals surface area contributed by atoms with Crippen molar-refractivity contribution in [1.29, 1.82) is 0 Å². The highest BCUT2D eigenvalue weighted by atomic mass is 32.2. The predicted molar refractivity (Wildman–Crippen MR) is 78.8 cm³/mol. The topological polar surface area (TPSA) is 92.4 Å². The predicted octanol–water partition coefficient (Wildman–Crippen LogP) is 1.32. The van der Waals surface area contributed by atoms with Crippen LogP contribution in [0.1, 0.15) is 31.4 Å². The van der Waals surface area contributed by atoms with Crippen LogP contribution in [0.5, 0.6) is 0 Å². The van der Waals surface area contributed by atoms with Crippen LogP contribution < -0.4 is 10.5 Å². The Bertz CT molecular complexity index is 638. The number of aliphatic hydroxyl groups excluding tert-OH is 1. The summed E-state index contributed by atoms with van der Waals surface area (Å²) in [6, 6.07) is 3.14. The Balaban J connectivity index is 2.36. The SMILES string of the molecule is Cc1ccc(N)c(S(=O)(=O)NC2CC(O)C2(C)C)c1C.